The summed E-state index contributed by atoms with van der Waals surface area (Å²) in [7, 11) is 0. The molecule has 3 heterocycles. The third-order valence-corrected chi connectivity index (χ3v) is 7.00. The lowest BCUT2D eigenvalue weighted by Crippen LogP contribution is -2.53. The number of anilines is 1. The maximum absolute atomic E-state index is 13.6. The van der Waals surface area contributed by atoms with E-state index in [9.17, 15) is 18.0 Å². The molecule has 2 aliphatic heterocycles. The van der Waals surface area contributed by atoms with Gasteiger partial charge in [0.05, 0.1) is 30.8 Å². The Morgan fingerprint density at radius 3 is 2.64 bits per heavy atom. The molecule has 1 saturated carbocycles. The van der Waals surface area contributed by atoms with Crippen LogP contribution in [0.25, 0.3) is 10.9 Å². The number of fused-ring (bicyclic) bond motifs is 1. The highest BCUT2D eigenvalue weighted by Gasteiger charge is 2.39. The monoisotopic (exact) mass is 462 g/mol. The van der Waals surface area contributed by atoms with Gasteiger partial charge < -0.3 is 15.0 Å². The summed E-state index contributed by atoms with van der Waals surface area (Å²) in [4.78, 5) is 21.0. The van der Waals surface area contributed by atoms with Gasteiger partial charge in [-0.05, 0) is 55.4 Å². The van der Waals surface area contributed by atoms with Gasteiger partial charge in [0.25, 0.3) is 0 Å². The van der Waals surface area contributed by atoms with Gasteiger partial charge in [0.1, 0.15) is 0 Å². The van der Waals surface area contributed by atoms with Crippen LogP contribution in [0.5, 0.6) is 0 Å². The van der Waals surface area contributed by atoms with Crippen LogP contribution in [0.2, 0.25) is 0 Å². The maximum atomic E-state index is 13.6. The van der Waals surface area contributed by atoms with E-state index in [-0.39, 0.29) is 17.5 Å². The molecule has 0 radical (unpaired) electrons. The first-order valence-electron chi connectivity index (χ1n) is 11.7. The topological polar surface area (TPSA) is 57.7 Å². The molecule has 0 bridgehead atoms. The number of morpholine rings is 1. The molecule has 0 unspecified atom stereocenters. The number of hydrogen-bond acceptors (Lipinski definition) is 5. The molecule has 1 aliphatic carbocycles. The Labute approximate surface area is 191 Å². The van der Waals surface area contributed by atoms with Crippen molar-refractivity contribution in [3.8, 4) is 0 Å². The fraction of sp³-hybridized carbons (Fsp3) is 0.583. The predicted molar refractivity (Wildman–Crippen MR) is 119 cm³/mol. The number of piperidine rings is 1. The molecule has 3 fully saturated rings. The SMILES string of the molecule is O=C(CN1CCOCC1)N[C@H]1C[C@@H](C2CC2)CN(c2ccc(C(F)(F)F)c3ncccc23)C1. The number of amides is 1. The number of rotatable bonds is 5. The van der Waals surface area contributed by atoms with Gasteiger partial charge >= 0.3 is 6.18 Å². The number of pyridine rings is 1. The van der Waals surface area contributed by atoms with Gasteiger partial charge in [0, 0.05) is 49.5 Å². The molecule has 6 nitrogen and oxygen atoms in total. The summed E-state index contributed by atoms with van der Waals surface area (Å²) in [6.07, 6.45) is 0.218. The summed E-state index contributed by atoms with van der Waals surface area (Å²) >= 11 is 0. The molecule has 2 saturated heterocycles. The summed E-state index contributed by atoms with van der Waals surface area (Å²) in [5.41, 5.74) is 0.0146. The second kappa shape index (κ2) is 9.10. The third-order valence-electron chi connectivity index (χ3n) is 7.00. The van der Waals surface area contributed by atoms with Gasteiger partial charge in [-0.3, -0.25) is 14.7 Å². The fourth-order valence-corrected chi connectivity index (χ4v) is 5.25. The second-order valence-electron chi connectivity index (χ2n) is 9.42. The van der Waals surface area contributed by atoms with Gasteiger partial charge in [0.15, 0.2) is 0 Å². The van der Waals surface area contributed by atoms with Crippen LogP contribution < -0.4 is 10.2 Å². The standard InChI is InChI=1S/C24H29F3N4O2/c25-24(26,27)20-5-6-21(19-2-1-7-28-23(19)20)31-13-17(16-3-4-16)12-18(14-31)29-22(32)15-30-8-10-33-11-9-30/h1-2,5-7,16-18H,3-4,8-15H2,(H,29,32)/t17-,18+/m1/s1. The van der Waals surface area contributed by atoms with Crippen LogP contribution in [-0.4, -0.2) is 67.8 Å². The normalized spacial score (nSPS) is 24.8. The molecule has 2 atom stereocenters. The van der Waals surface area contributed by atoms with Crippen LogP contribution in [0.1, 0.15) is 24.8 Å². The molecule has 33 heavy (non-hydrogen) atoms. The third kappa shape index (κ3) is 5.09. The quantitative estimate of drug-likeness (QED) is 0.739. The largest absolute Gasteiger partial charge is 0.418 e. The highest BCUT2D eigenvalue weighted by Crippen LogP contribution is 2.43. The van der Waals surface area contributed by atoms with Crippen molar-refractivity contribution in [2.24, 2.45) is 11.8 Å². The van der Waals surface area contributed by atoms with Crippen LogP contribution in [0.4, 0.5) is 18.9 Å². The molecular weight excluding hydrogens is 433 g/mol. The molecule has 2 aromatic rings. The van der Waals surface area contributed by atoms with Gasteiger partial charge in [0.2, 0.25) is 5.91 Å². The number of carbonyl (C=O) groups is 1. The number of halogens is 3. The molecule has 1 amide bonds. The lowest BCUT2D eigenvalue weighted by atomic mass is 9.89. The minimum atomic E-state index is -4.46. The number of nitrogens with one attached hydrogen (secondary N) is 1. The first-order valence-corrected chi connectivity index (χ1v) is 11.7. The second-order valence-corrected chi connectivity index (χ2v) is 9.42. The number of benzene rings is 1. The Balaban J connectivity index is 1.37. The summed E-state index contributed by atoms with van der Waals surface area (Å²) in [5.74, 6) is 1.05. The summed E-state index contributed by atoms with van der Waals surface area (Å²) in [5, 5.41) is 3.71. The molecule has 178 valence electrons. The Kier molecular flexibility index (Phi) is 6.18. The molecule has 1 aromatic heterocycles. The van der Waals surface area contributed by atoms with Crippen molar-refractivity contribution in [1.82, 2.24) is 15.2 Å². The van der Waals surface area contributed by atoms with Crippen molar-refractivity contribution >= 4 is 22.5 Å². The number of carbonyl (C=O) groups excluding carboxylic acids is 1. The van der Waals surface area contributed by atoms with Crippen molar-refractivity contribution in [1.29, 1.82) is 0 Å². The molecular formula is C24H29F3N4O2. The number of aromatic nitrogens is 1. The van der Waals surface area contributed by atoms with E-state index in [2.05, 4.69) is 20.1 Å². The van der Waals surface area contributed by atoms with Crippen LogP contribution in [0.15, 0.2) is 30.5 Å². The van der Waals surface area contributed by atoms with E-state index in [1.807, 2.05) is 0 Å². The Morgan fingerprint density at radius 2 is 1.91 bits per heavy atom. The molecule has 3 aliphatic rings. The van der Waals surface area contributed by atoms with Crippen molar-refractivity contribution in [2.75, 3.05) is 50.8 Å². The average molecular weight is 463 g/mol. The number of ether oxygens (including phenoxy) is 1. The minimum Gasteiger partial charge on any atom is -0.379 e. The van der Waals surface area contributed by atoms with Crippen LogP contribution in [0.3, 0.4) is 0 Å². The lowest BCUT2D eigenvalue weighted by Gasteiger charge is -2.40. The molecule has 9 heteroatoms. The van der Waals surface area contributed by atoms with Crippen LogP contribution >= 0.6 is 0 Å². The zero-order chi connectivity index (χ0) is 23.0. The number of alkyl halides is 3. The summed E-state index contributed by atoms with van der Waals surface area (Å²) < 4.78 is 46.0. The van der Waals surface area contributed by atoms with Gasteiger partial charge in [-0.1, -0.05) is 0 Å². The van der Waals surface area contributed by atoms with E-state index in [0.29, 0.717) is 43.5 Å². The molecule has 5 rings (SSSR count). The van der Waals surface area contributed by atoms with E-state index in [1.165, 1.54) is 19.0 Å². The maximum Gasteiger partial charge on any atom is 0.418 e. The van der Waals surface area contributed by atoms with Crippen LogP contribution in [-0.2, 0) is 15.7 Å². The Hall–Kier alpha value is -2.39. The lowest BCUT2D eigenvalue weighted by molar-refractivity contribution is -0.136. The first-order chi connectivity index (χ1) is 15.9. The smallest absolute Gasteiger partial charge is 0.379 e. The predicted octanol–water partition coefficient (Wildman–Crippen LogP) is 3.31. The zero-order valence-electron chi connectivity index (χ0n) is 18.5. The van der Waals surface area contributed by atoms with Gasteiger partial charge in [-0.15, -0.1) is 0 Å². The van der Waals surface area contributed by atoms with Crippen molar-refractivity contribution in [2.45, 2.75) is 31.5 Å². The minimum absolute atomic E-state index is 0.00255. The van der Waals surface area contributed by atoms with Crippen LogP contribution in [0, 0.1) is 11.8 Å². The summed E-state index contributed by atoms with van der Waals surface area (Å²) in [6, 6.07) is 6.05. The highest BCUT2D eigenvalue weighted by atomic mass is 19.4. The van der Waals surface area contributed by atoms with E-state index in [0.717, 1.165) is 37.8 Å². The number of nitrogens with zero attached hydrogens (tertiary/aromatic N) is 3. The van der Waals surface area contributed by atoms with E-state index >= 15 is 0 Å². The first kappa shape index (κ1) is 22.4. The van der Waals surface area contributed by atoms with Gasteiger partial charge in [-0.2, -0.15) is 13.2 Å². The average Bonchev–Trinajstić information content (AvgIpc) is 3.63. The highest BCUT2D eigenvalue weighted by molar-refractivity contribution is 5.94. The van der Waals surface area contributed by atoms with Crippen molar-refractivity contribution in [3.63, 3.8) is 0 Å². The Morgan fingerprint density at radius 1 is 1.12 bits per heavy atom. The zero-order valence-corrected chi connectivity index (χ0v) is 18.5. The van der Waals surface area contributed by atoms with E-state index < -0.39 is 11.7 Å². The molecule has 1 N–H and O–H groups in total. The molecule has 1 aromatic carbocycles. The number of hydrogen-bond donors (Lipinski definition) is 1. The van der Waals surface area contributed by atoms with Crippen molar-refractivity contribution in [3.05, 3.63) is 36.0 Å². The van der Waals surface area contributed by atoms with E-state index in [4.69, 9.17) is 4.74 Å². The fourth-order valence-electron chi connectivity index (χ4n) is 5.25. The van der Waals surface area contributed by atoms with E-state index in [1.54, 1.807) is 18.2 Å². The van der Waals surface area contributed by atoms with Gasteiger partial charge in [-0.25, -0.2) is 0 Å². The Bertz CT molecular complexity index is 1000. The van der Waals surface area contributed by atoms with Crippen molar-refractivity contribution < 1.29 is 22.7 Å². The molecule has 0 spiro atoms. The summed E-state index contributed by atoms with van der Waals surface area (Å²) in [6.45, 7) is 4.50.